The second-order valence-electron chi connectivity index (χ2n) is 7.41. The standard InChI is InChI=1S/C24H21ClN4O5/c1-33-18-10-17(11-19(12-18)34-2)27-21(30)14-28-22-20(4-3-9-26-22)23(31)29(24(28)32)13-15-5-7-16(25)8-6-15/h3-12H,13-14H2,1-2H3,(H,27,30). The maximum absolute atomic E-state index is 13.3. The van der Waals surface area contributed by atoms with E-state index in [2.05, 4.69) is 10.3 Å². The third-order valence-corrected chi connectivity index (χ3v) is 5.42. The maximum Gasteiger partial charge on any atom is 0.333 e. The third-order valence-electron chi connectivity index (χ3n) is 5.17. The summed E-state index contributed by atoms with van der Waals surface area (Å²) in [6.45, 7) is -0.332. The molecule has 0 unspecified atom stereocenters. The summed E-state index contributed by atoms with van der Waals surface area (Å²) < 4.78 is 12.7. The monoisotopic (exact) mass is 480 g/mol. The number of rotatable bonds is 7. The third kappa shape index (κ3) is 4.79. The Labute approximate surface area is 199 Å². The number of pyridine rings is 1. The van der Waals surface area contributed by atoms with Gasteiger partial charge < -0.3 is 14.8 Å². The Morgan fingerprint density at radius 2 is 1.68 bits per heavy atom. The highest BCUT2D eigenvalue weighted by molar-refractivity contribution is 6.30. The van der Waals surface area contributed by atoms with Crippen molar-refractivity contribution >= 4 is 34.2 Å². The highest BCUT2D eigenvalue weighted by atomic mass is 35.5. The van der Waals surface area contributed by atoms with Crippen molar-refractivity contribution < 1.29 is 14.3 Å². The molecule has 4 rings (SSSR count). The highest BCUT2D eigenvalue weighted by Crippen LogP contribution is 2.25. The summed E-state index contributed by atoms with van der Waals surface area (Å²) in [5, 5.41) is 3.51. The maximum atomic E-state index is 13.3. The van der Waals surface area contributed by atoms with Crippen LogP contribution in [0.2, 0.25) is 5.02 Å². The molecule has 0 saturated heterocycles. The average Bonchev–Trinajstić information content (AvgIpc) is 2.85. The number of carbonyl (C=O) groups is 1. The first-order valence-electron chi connectivity index (χ1n) is 10.3. The Morgan fingerprint density at radius 3 is 2.32 bits per heavy atom. The van der Waals surface area contributed by atoms with Gasteiger partial charge in [0.2, 0.25) is 5.91 Å². The minimum Gasteiger partial charge on any atom is -0.497 e. The van der Waals surface area contributed by atoms with Crippen molar-refractivity contribution in [1.29, 1.82) is 0 Å². The van der Waals surface area contributed by atoms with E-state index in [0.29, 0.717) is 27.8 Å². The van der Waals surface area contributed by atoms with Crippen LogP contribution in [-0.2, 0) is 17.9 Å². The van der Waals surface area contributed by atoms with Crippen LogP contribution in [0.25, 0.3) is 11.0 Å². The number of nitrogens with zero attached hydrogens (tertiary/aromatic N) is 3. The van der Waals surface area contributed by atoms with Gasteiger partial charge in [-0.15, -0.1) is 0 Å². The predicted molar refractivity (Wildman–Crippen MR) is 129 cm³/mol. The van der Waals surface area contributed by atoms with Crippen LogP contribution in [-0.4, -0.2) is 34.2 Å². The van der Waals surface area contributed by atoms with Crippen LogP contribution in [0, 0.1) is 0 Å². The van der Waals surface area contributed by atoms with Crippen molar-refractivity contribution in [2.24, 2.45) is 0 Å². The van der Waals surface area contributed by atoms with E-state index in [0.717, 1.165) is 4.57 Å². The van der Waals surface area contributed by atoms with Gasteiger partial charge in [-0.1, -0.05) is 23.7 Å². The minimum atomic E-state index is -0.649. The van der Waals surface area contributed by atoms with Crippen molar-refractivity contribution in [2.45, 2.75) is 13.1 Å². The molecule has 0 saturated carbocycles. The summed E-state index contributed by atoms with van der Waals surface area (Å²) in [5.41, 5.74) is 0.136. The Balaban J connectivity index is 1.72. The van der Waals surface area contributed by atoms with E-state index in [9.17, 15) is 14.4 Å². The molecule has 0 spiro atoms. The molecule has 0 bridgehead atoms. The molecule has 0 aliphatic rings. The summed E-state index contributed by atoms with van der Waals surface area (Å²) in [7, 11) is 3.00. The highest BCUT2D eigenvalue weighted by Gasteiger charge is 2.17. The summed E-state index contributed by atoms with van der Waals surface area (Å²) in [4.78, 5) is 43.4. The SMILES string of the molecule is COc1cc(NC(=O)Cn2c(=O)n(Cc3ccc(Cl)cc3)c(=O)c3cccnc32)cc(OC)c1. The van der Waals surface area contributed by atoms with Gasteiger partial charge in [0.15, 0.2) is 0 Å². The second kappa shape index (κ2) is 9.80. The number of nitrogens with one attached hydrogen (secondary N) is 1. The topological polar surface area (TPSA) is 104 Å². The molecule has 2 heterocycles. The van der Waals surface area contributed by atoms with Gasteiger partial charge in [-0.3, -0.25) is 18.7 Å². The minimum absolute atomic E-state index is 0.0222. The number of halogens is 1. The van der Waals surface area contributed by atoms with E-state index in [1.165, 1.54) is 25.0 Å². The molecule has 0 radical (unpaired) electrons. The smallest absolute Gasteiger partial charge is 0.333 e. The quantitative estimate of drug-likeness (QED) is 0.436. The Hall–Kier alpha value is -4.11. The zero-order chi connectivity index (χ0) is 24.2. The molecular weight excluding hydrogens is 460 g/mol. The Bertz CT molecular complexity index is 1460. The van der Waals surface area contributed by atoms with Crippen LogP contribution in [0.1, 0.15) is 5.56 Å². The lowest BCUT2D eigenvalue weighted by atomic mass is 10.2. The lowest BCUT2D eigenvalue weighted by Crippen LogP contribution is -2.42. The molecule has 9 nitrogen and oxygen atoms in total. The van der Waals surface area contributed by atoms with E-state index in [1.807, 2.05) is 0 Å². The zero-order valence-corrected chi connectivity index (χ0v) is 19.2. The number of fused-ring (bicyclic) bond motifs is 1. The molecule has 0 aliphatic heterocycles. The molecule has 0 atom stereocenters. The Morgan fingerprint density at radius 1 is 1.00 bits per heavy atom. The first kappa shape index (κ1) is 23.1. The molecule has 10 heteroatoms. The lowest BCUT2D eigenvalue weighted by Gasteiger charge is -2.14. The largest absolute Gasteiger partial charge is 0.497 e. The summed E-state index contributed by atoms with van der Waals surface area (Å²) in [6, 6.07) is 14.9. The molecule has 2 aromatic heterocycles. The van der Waals surface area contributed by atoms with Gasteiger partial charge in [-0.2, -0.15) is 0 Å². The number of benzene rings is 2. The van der Waals surface area contributed by atoms with Gasteiger partial charge in [-0.25, -0.2) is 9.78 Å². The number of hydrogen-bond acceptors (Lipinski definition) is 6. The van der Waals surface area contributed by atoms with Gasteiger partial charge >= 0.3 is 5.69 Å². The number of carbonyl (C=O) groups excluding carboxylic acids is 1. The molecule has 174 valence electrons. The van der Waals surface area contributed by atoms with E-state index in [4.69, 9.17) is 21.1 Å². The predicted octanol–water partition coefficient (Wildman–Crippen LogP) is 2.92. The number of methoxy groups -OCH3 is 2. The second-order valence-corrected chi connectivity index (χ2v) is 7.85. The molecular formula is C24H21ClN4O5. The number of amides is 1. The number of ether oxygens (including phenoxy) is 2. The first-order valence-corrected chi connectivity index (χ1v) is 10.6. The molecule has 34 heavy (non-hydrogen) atoms. The number of hydrogen-bond donors (Lipinski definition) is 1. The fourth-order valence-corrected chi connectivity index (χ4v) is 3.65. The van der Waals surface area contributed by atoms with Gasteiger partial charge in [-0.05, 0) is 29.8 Å². The summed E-state index contributed by atoms with van der Waals surface area (Å²) in [6.07, 6.45) is 1.46. The lowest BCUT2D eigenvalue weighted by molar-refractivity contribution is -0.116. The normalized spacial score (nSPS) is 10.8. The number of anilines is 1. The van der Waals surface area contributed by atoms with Crippen LogP contribution in [0.5, 0.6) is 11.5 Å². The molecule has 0 fully saturated rings. The molecule has 4 aromatic rings. The first-order chi connectivity index (χ1) is 16.4. The fourth-order valence-electron chi connectivity index (χ4n) is 3.53. The van der Waals surface area contributed by atoms with Crippen LogP contribution in [0.3, 0.4) is 0 Å². The fraction of sp³-hybridized carbons (Fsp3) is 0.167. The van der Waals surface area contributed by atoms with E-state index >= 15 is 0 Å². The Kier molecular flexibility index (Phi) is 6.65. The van der Waals surface area contributed by atoms with Crippen LogP contribution >= 0.6 is 11.6 Å². The van der Waals surface area contributed by atoms with Crippen LogP contribution < -0.4 is 26.0 Å². The van der Waals surface area contributed by atoms with Crippen molar-refractivity contribution in [1.82, 2.24) is 14.1 Å². The van der Waals surface area contributed by atoms with Crippen LogP contribution in [0.15, 0.2) is 70.4 Å². The molecule has 2 aromatic carbocycles. The van der Waals surface area contributed by atoms with Gasteiger partial charge in [0.05, 0.1) is 26.2 Å². The number of aromatic nitrogens is 3. The zero-order valence-electron chi connectivity index (χ0n) is 18.4. The van der Waals surface area contributed by atoms with E-state index < -0.39 is 17.2 Å². The van der Waals surface area contributed by atoms with Crippen molar-refractivity contribution in [2.75, 3.05) is 19.5 Å². The molecule has 1 N–H and O–H groups in total. The molecule has 0 aliphatic carbocycles. The van der Waals surface area contributed by atoms with Gasteiger partial charge in [0.1, 0.15) is 23.7 Å². The van der Waals surface area contributed by atoms with E-state index in [-0.39, 0.29) is 24.1 Å². The van der Waals surface area contributed by atoms with E-state index in [1.54, 1.807) is 54.6 Å². The van der Waals surface area contributed by atoms with Crippen molar-refractivity contribution in [3.05, 3.63) is 92.2 Å². The summed E-state index contributed by atoms with van der Waals surface area (Å²) in [5.74, 6) is 0.506. The average molecular weight is 481 g/mol. The van der Waals surface area contributed by atoms with Crippen molar-refractivity contribution in [3.8, 4) is 11.5 Å². The van der Waals surface area contributed by atoms with Crippen LogP contribution in [0.4, 0.5) is 5.69 Å². The molecule has 1 amide bonds. The summed E-state index contributed by atoms with van der Waals surface area (Å²) >= 11 is 5.94. The van der Waals surface area contributed by atoms with Gasteiger partial charge in [0.25, 0.3) is 5.56 Å². The van der Waals surface area contributed by atoms with Gasteiger partial charge in [0, 0.05) is 35.1 Å². The van der Waals surface area contributed by atoms with Crippen molar-refractivity contribution in [3.63, 3.8) is 0 Å².